The first-order valence-electron chi connectivity index (χ1n) is 8.42. The van der Waals surface area contributed by atoms with Gasteiger partial charge in [-0.3, -0.25) is 14.4 Å². The molecule has 7 nitrogen and oxygen atoms in total. The molecular formula is C18H24N4O3. The first-order valence-corrected chi connectivity index (χ1v) is 8.42. The zero-order valence-electron chi connectivity index (χ0n) is 14.9. The lowest BCUT2D eigenvalue weighted by molar-refractivity contribution is 0.0803. The molecule has 2 aromatic rings. The fraction of sp³-hybridized carbons (Fsp3) is 0.444. The van der Waals surface area contributed by atoms with Crippen molar-refractivity contribution < 1.29 is 14.3 Å². The van der Waals surface area contributed by atoms with E-state index >= 15 is 0 Å². The van der Waals surface area contributed by atoms with Crippen molar-refractivity contribution in [3.8, 4) is 5.75 Å². The second-order valence-electron chi connectivity index (χ2n) is 6.05. The van der Waals surface area contributed by atoms with E-state index in [4.69, 9.17) is 9.47 Å². The van der Waals surface area contributed by atoms with Crippen LogP contribution in [0.5, 0.6) is 5.75 Å². The maximum Gasteiger partial charge on any atom is 0.235 e. The molecule has 134 valence electrons. The van der Waals surface area contributed by atoms with Crippen LogP contribution in [0.25, 0.3) is 0 Å². The molecule has 1 unspecified atom stereocenters. The van der Waals surface area contributed by atoms with Gasteiger partial charge in [0.25, 0.3) is 0 Å². The average Bonchev–Trinajstić information content (AvgIpc) is 3.13. The Balaban J connectivity index is 1.90. The highest BCUT2D eigenvalue weighted by Gasteiger charge is 2.22. The molecule has 0 aromatic carbocycles. The first kappa shape index (κ1) is 17.3. The fourth-order valence-electron chi connectivity index (χ4n) is 2.95. The summed E-state index contributed by atoms with van der Waals surface area (Å²) < 4.78 is 12.3. The summed E-state index contributed by atoms with van der Waals surface area (Å²) in [6, 6.07) is 5.78. The van der Waals surface area contributed by atoms with Gasteiger partial charge in [-0.15, -0.1) is 0 Å². The Kier molecular flexibility index (Phi) is 5.23. The lowest BCUT2D eigenvalue weighted by atomic mass is 10.1. The third kappa shape index (κ3) is 3.46. The molecule has 1 atom stereocenters. The largest absolute Gasteiger partial charge is 0.488 e. The molecule has 1 N–H and O–H groups in total. The van der Waals surface area contributed by atoms with Gasteiger partial charge < -0.3 is 19.4 Å². The van der Waals surface area contributed by atoms with E-state index in [1.54, 1.807) is 24.9 Å². The number of fused-ring (bicyclic) bond motifs is 1. The van der Waals surface area contributed by atoms with Crippen LogP contribution < -0.4 is 15.1 Å². The minimum atomic E-state index is -0.130. The van der Waals surface area contributed by atoms with E-state index in [-0.39, 0.29) is 11.8 Å². The summed E-state index contributed by atoms with van der Waals surface area (Å²) in [7, 11) is 3.34. The van der Waals surface area contributed by atoms with Gasteiger partial charge >= 0.3 is 0 Å². The molecule has 1 aliphatic rings. The van der Waals surface area contributed by atoms with Crippen molar-refractivity contribution in [3.05, 3.63) is 36.1 Å². The molecule has 1 aliphatic heterocycles. The predicted octanol–water partition coefficient (Wildman–Crippen LogP) is 2.19. The second-order valence-corrected chi connectivity index (χ2v) is 6.05. The summed E-state index contributed by atoms with van der Waals surface area (Å²) in [4.78, 5) is 22.3. The summed E-state index contributed by atoms with van der Waals surface area (Å²) >= 11 is 0. The molecule has 7 heteroatoms. The quantitative estimate of drug-likeness (QED) is 0.902. The number of hydrogen-bond acceptors (Lipinski definition) is 5. The van der Waals surface area contributed by atoms with Crippen LogP contribution in [0.4, 0.5) is 11.5 Å². The molecule has 3 rings (SSSR count). The highest BCUT2D eigenvalue weighted by molar-refractivity contribution is 5.81. The number of rotatable bonds is 5. The monoisotopic (exact) mass is 344 g/mol. The van der Waals surface area contributed by atoms with Crippen LogP contribution in [0.15, 0.2) is 35.6 Å². The Morgan fingerprint density at radius 3 is 3.08 bits per heavy atom. The molecule has 0 spiro atoms. The number of pyridine rings is 1. The summed E-state index contributed by atoms with van der Waals surface area (Å²) in [5.41, 5.74) is 1.60. The zero-order valence-corrected chi connectivity index (χ0v) is 14.9. The SMILES string of the molecule is C/N=c1/cc(N2CCOc3cc[nH]c32)ccn1C(=O)C(C)CCOC. The molecule has 0 bridgehead atoms. The van der Waals surface area contributed by atoms with Gasteiger partial charge in [-0.2, -0.15) is 0 Å². The van der Waals surface area contributed by atoms with E-state index in [9.17, 15) is 4.79 Å². The molecule has 2 aromatic heterocycles. The average molecular weight is 344 g/mol. The predicted molar refractivity (Wildman–Crippen MR) is 95.5 cm³/mol. The number of aromatic amines is 1. The van der Waals surface area contributed by atoms with Crippen molar-refractivity contribution >= 4 is 17.4 Å². The topological polar surface area (TPSA) is 71.8 Å². The normalized spacial score (nSPS) is 15.6. The number of aromatic nitrogens is 2. The molecule has 0 aliphatic carbocycles. The van der Waals surface area contributed by atoms with E-state index in [0.29, 0.717) is 25.1 Å². The Morgan fingerprint density at radius 1 is 1.48 bits per heavy atom. The molecule has 3 heterocycles. The Morgan fingerprint density at radius 2 is 2.32 bits per heavy atom. The van der Waals surface area contributed by atoms with Crippen LogP contribution in [-0.2, 0) is 4.74 Å². The van der Waals surface area contributed by atoms with Gasteiger partial charge in [-0.05, 0) is 18.6 Å². The fourth-order valence-corrected chi connectivity index (χ4v) is 2.95. The minimum absolute atomic E-state index is 0.0201. The molecule has 0 fully saturated rings. The first-order chi connectivity index (χ1) is 12.2. The van der Waals surface area contributed by atoms with Crippen LogP contribution >= 0.6 is 0 Å². The van der Waals surface area contributed by atoms with Gasteiger partial charge in [-0.1, -0.05) is 6.92 Å². The van der Waals surface area contributed by atoms with Gasteiger partial charge in [0.2, 0.25) is 5.91 Å². The van der Waals surface area contributed by atoms with E-state index in [2.05, 4.69) is 14.9 Å². The van der Waals surface area contributed by atoms with Gasteiger partial charge in [0.05, 0.1) is 6.54 Å². The smallest absolute Gasteiger partial charge is 0.235 e. The van der Waals surface area contributed by atoms with Crippen molar-refractivity contribution in [2.24, 2.45) is 10.9 Å². The van der Waals surface area contributed by atoms with Crippen molar-refractivity contribution in [2.75, 3.05) is 38.8 Å². The Hall–Kier alpha value is -2.54. The Bertz CT molecular complexity index is 809. The van der Waals surface area contributed by atoms with Crippen LogP contribution in [0, 0.1) is 5.92 Å². The maximum atomic E-state index is 12.7. The molecule has 25 heavy (non-hydrogen) atoms. The third-order valence-electron chi connectivity index (χ3n) is 4.40. The number of anilines is 2. The third-order valence-corrected chi connectivity index (χ3v) is 4.40. The van der Waals surface area contributed by atoms with Crippen LogP contribution in [0.2, 0.25) is 0 Å². The van der Waals surface area contributed by atoms with Crippen LogP contribution in [0.3, 0.4) is 0 Å². The molecular weight excluding hydrogens is 320 g/mol. The van der Waals surface area contributed by atoms with Gasteiger partial charge in [0.15, 0.2) is 11.6 Å². The highest BCUT2D eigenvalue weighted by atomic mass is 16.5. The van der Waals surface area contributed by atoms with E-state index in [0.717, 1.165) is 23.8 Å². The van der Waals surface area contributed by atoms with Gasteiger partial charge in [0.1, 0.15) is 12.1 Å². The molecule has 0 amide bonds. The van der Waals surface area contributed by atoms with Crippen molar-refractivity contribution in [3.63, 3.8) is 0 Å². The van der Waals surface area contributed by atoms with Gasteiger partial charge in [0, 0.05) is 50.8 Å². The standard InChI is InChI=1S/C18H24N4O3/c1-13(6-10-24-3)18(23)22-8-5-14(12-16(22)19-2)21-9-11-25-15-4-7-20-17(15)21/h4-5,7-8,12-13,20H,6,9-11H2,1-3H3/b19-16-. The number of carbonyl (C=O) groups excluding carboxylic acids is 1. The van der Waals surface area contributed by atoms with Crippen molar-refractivity contribution in [2.45, 2.75) is 13.3 Å². The summed E-state index contributed by atoms with van der Waals surface area (Å²) in [6.45, 7) is 3.83. The number of H-pyrrole nitrogens is 1. The second kappa shape index (κ2) is 7.57. The number of nitrogens with one attached hydrogen (secondary N) is 1. The van der Waals surface area contributed by atoms with E-state index in [1.165, 1.54) is 0 Å². The molecule has 0 radical (unpaired) electrons. The van der Waals surface area contributed by atoms with Gasteiger partial charge in [-0.25, -0.2) is 0 Å². The van der Waals surface area contributed by atoms with Crippen LogP contribution in [-0.4, -0.2) is 49.4 Å². The maximum absolute atomic E-state index is 12.7. The minimum Gasteiger partial charge on any atom is -0.488 e. The number of nitrogens with zero attached hydrogens (tertiary/aromatic N) is 3. The van der Waals surface area contributed by atoms with E-state index in [1.807, 2.05) is 31.3 Å². The number of hydrogen-bond donors (Lipinski definition) is 1. The highest BCUT2D eigenvalue weighted by Crippen LogP contribution is 2.34. The molecule has 0 saturated heterocycles. The lowest BCUT2D eigenvalue weighted by Gasteiger charge is -2.29. The summed E-state index contributed by atoms with van der Waals surface area (Å²) in [5, 5.41) is 0. The van der Waals surface area contributed by atoms with Crippen molar-refractivity contribution in [1.29, 1.82) is 0 Å². The number of ether oxygens (including phenoxy) is 2. The van der Waals surface area contributed by atoms with Crippen molar-refractivity contribution in [1.82, 2.24) is 9.55 Å². The summed E-state index contributed by atoms with van der Waals surface area (Å²) in [5.74, 6) is 1.65. The summed E-state index contributed by atoms with van der Waals surface area (Å²) in [6.07, 6.45) is 4.34. The molecule has 0 saturated carbocycles. The Labute approximate surface area is 146 Å². The number of carbonyl (C=O) groups is 1. The van der Waals surface area contributed by atoms with Crippen LogP contribution in [0.1, 0.15) is 18.1 Å². The number of methoxy groups -OCH3 is 1. The van der Waals surface area contributed by atoms with E-state index < -0.39 is 0 Å². The lowest BCUT2D eigenvalue weighted by Crippen LogP contribution is -2.34. The zero-order chi connectivity index (χ0) is 17.8.